The zero-order chi connectivity index (χ0) is 10.2. The van der Waals surface area contributed by atoms with Crippen LogP contribution in [0.15, 0.2) is 20.0 Å². The predicted molar refractivity (Wildman–Crippen MR) is 61.4 cm³/mol. The minimum Gasteiger partial charge on any atom is -0.479 e. The van der Waals surface area contributed by atoms with Gasteiger partial charge in [-0.15, -0.1) is 0 Å². The molecule has 1 aliphatic heterocycles. The van der Waals surface area contributed by atoms with E-state index in [2.05, 4.69) is 38.5 Å². The van der Waals surface area contributed by atoms with Crippen molar-refractivity contribution in [2.75, 3.05) is 7.05 Å². The summed E-state index contributed by atoms with van der Waals surface area (Å²) in [5.41, 5.74) is 5.68. The van der Waals surface area contributed by atoms with Crippen molar-refractivity contribution in [2.24, 2.45) is 5.73 Å². The van der Waals surface area contributed by atoms with Gasteiger partial charge in [0.15, 0.2) is 6.04 Å². The monoisotopic (exact) mass is 358 g/mol. The van der Waals surface area contributed by atoms with Crippen molar-refractivity contribution in [3.05, 3.63) is 20.0 Å². The average Bonchev–Trinajstić information content (AvgIpc) is 1.99. The van der Waals surface area contributed by atoms with Gasteiger partial charge in [0.25, 0.3) is 0 Å². The summed E-state index contributed by atoms with van der Waals surface area (Å²) in [6.07, 6.45) is 1.72. The Morgan fingerprint density at radius 3 is 2.85 bits per heavy atom. The molecule has 1 unspecified atom stereocenters. The summed E-state index contributed by atoms with van der Waals surface area (Å²) < 4.78 is 1.45. The molecular formula is C7H8BrIN2O2. The van der Waals surface area contributed by atoms with Crippen molar-refractivity contribution < 1.29 is 9.90 Å². The van der Waals surface area contributed by atoms with Gasteiger partial charge >= 0.3 is 5.97 Å². The number of nitrogens with two attached hydrogens (primary N) is 1. The van der Waals surface area contributed by atoms with Gasteiger partial charge in [0.1, 0.15) is 5.82 Å². The highest BCUT2D eigenvalue weighted by atomic mass is 127. The molecule has 1 aliphatic rings. The minimum atomic E-state index is -0.919. The average molecular weight is 359 g/mol. The molecule has 0 spiro atoms. The van der Waals surface area contributed by atoms with E-state index < -0.39 is 12.0 Å². The number of allylic oxidation sites excluding steroid dienone is 2. The number of nitrogens with zero attached hydrogens (tertiary/aromatic N) is 1. The van der Waals surface area contributed by atoms with E-state index in [0.717, 1.165) is 3.58 Å². The third-order valence-corrected chi connectivity index (χ3v) is 3.30. The van der Waals surface area contributed by atoms with E-state index in [4.69, 9.17) is 10.8 Å². The van der Waals surface area contributed by atoms with E-state index in [9.17, 15) is 4.79 Å². The van der Waals surface area contributed by atoms with Crippen LogP contribution in [0, 0.1) is 0 Å². The van der Waals surface area contributed by atoms with E-state index in [1.165, 1.54) is 4.90 Å². The molecule has 0 radical (unpaired) electrons. The molecule has 3 N–H and O–H groups in total. The lowest BCUT2D eigenvalue weighted by Gasteiger charge is -2.30. The van der Waals surface area contributed by atoms with E-state index in [1.54, 1.807) is 13.1 Å². The van der Waals surface area contributed by atoms with Gasteiger partial charge in [-0.3, -0.25) is 0 Å². The van der Waals surface area contributed by atoms with Crippen LogP contribution in [-0.4, -0.2) is 29.1 Å². The van der Waals surface area contributed by atoms with Crippen LogP contribution >= 0.6 is 38.5 Å². The molecule has 0 saturated carbocycles. The molecule has 0 bridgehead atoms. The summed E-state index contributed by atoms with van der Waals surface area (Å²) in [6.45, 7) is 0. The highest BCUT2D eigenvalue weighted by Gasteiger charge is 2.30. The number of hydrogen-bond donors (Lipinski definition) is 2. The second-order valence-corrected chi connectivity index (χ2v) is 4.69. The van der Waals surface area contributed by atoms with Crippen LogP contribution in [0.4, 0.5) is 0 Å². The van der Waals surface area contributed by atoms with E-state index in [-0.39, 0.29) is 0 Å². The van der Waals surface area contributed by atoms with E-state index >= 15 is 0 Å². The molecule has 0 aromatic heterocycles. The fraction of sp³-hybridized carbons (Fsp3) is 0.286. The quantitative estimate of drug-likeness (QED) is 0.692. The van der Waals surface area contributed by atoms with Crippen LogP contribution in [0.5, 0.6) is 0 Å². The SMILES string of the molecule is CN1C(N)=C(I)C=C(Br)C1C(=O)O. The number of aliphatic carboxylic acids is 1. The van der Waals surface area contributed by atoms with Crippen molar-refractivity contribution in [2.45, 2.75) is 6.04 Å². The summed E-state index contributed by atoms with van der Waals surface area (Å²) >= 11 is 5.27. The van der Waals surface area contributed by atoms with Gasteiger partial charge in [-0.05, 0) is 28.7 Å². The Kier molecular flexibility index (Phi) is 3.23. The zero-order valence-electron chi connectivity index (χ0n) is 6.79. The molecule has 1 rings (SSSR count). The number of rotatable bonds is 1. The lowest BCUT2D eigenvalue weighted by molar-refractivity contribution is -0.140. The Morgan fingerprint density at radius 1 is 1.85 bits per heavy atom. The number of likely N-dealkylation sites (N-methyl/N-ethyl adjacent to an activating group) is 1. The summed E-state index contributed by atoms with van der Waals surface area (Å²) in [7, 11) is 1.65. The molecule has 0 saturated heterocycles. The molecule has 0 aliphatic carbocycles. The van der Waals surface area contributed by atoms with Gasteiger partial charge in [-0.2, -0.15) is 0 Å². The summed E-state index contributed by atoms with van der Waals surface area (Å²) in [6, 6.07) is -0.710. The van der Waals surface area contributed by atoms with Gasteiger partial charge in [-0.25, -0.2) is 4.79 Å². The molecule has 6 heteroatoms. The van der Waals surface area contributed by atoms with Crippen LogP contribution < -0.4 is 5.73 Å². The molecule has 0 aromatic rings. The first-order valence-electron chi connectivity index (χ1n) is 3.43. The first kappa shape index (κ1) is 10.8. The minimum absolute atomic E-state index is 0.483. The Balaban J connectivity index is 3.09. The first-order valence-corrected chi connectivity index (χ1v) is 5.30. The van der Waals surface area contributed by atoms with Crippen LogP contribution in [0.1, 0.15) is 0 Å². The highest BCUT2D eigenvalue weighted by molar-refractivity contribution is 14.1. The molecular weight excluding hydrogens is 351 g/mol. The Hall–Kier alpha value is -0.240. The van der Waals surface area contributed by atoms with Crippen molar-refractivity contribution in [1.82, 2.24) is 4.90 Å². The highest BCUT2D eigenvalue weighted by Crippen LogP contribution is 2.29. The van der Waals surface area contributed by atoms with Gasteiger partial charge < -0.3 is 15.7 Å². The maximum absolute atomic E-state index is 10.8. The molecule has 0 fully saturated rings. The Morgan fingerprint density at radius 2 is 2.38 bits per heavy atom. The van der Waals surface area contributed by atoms with Crippen LogP contribution in [-0.2, 0) is 4.79 Å². The van der Waals surface area contributed by atoms with Crippen molar-refractivity contribution >= 4 is 44.5 Å². The van der Waals surface area contributed by atoms with Crippen molar-refractivity contribution in [1.29, 1.82) is 0 Å². The van der Waals surface area contributed by atoms with Gasteiger partial charge in [0.05, 0.1) is 3.58 Å². The van der Waals surface area contributed by atoms with E-state index in [1.807, 2.05) is 0 Å². The molecule has 13 heavy (non-hydrogen) atoms. The largest absolute Gasteiger partial charge is 0.479 e. The Bertz CT molecular complexity index is 314. The number of carboxylic acids is 1. The predicted octanol–water partition coefficient (Wildman–Crippen LogP) is 1.23. The van der Waals surface area contributed by atoms with Crippen molar-refractivity contribution in [3.63, 3.8) is 0 Å². The lowest BCUT2D eigenvalue weighted by Crippen LogP contribution is -2.42. The van der Waals surface area contributed by atoms with E-state index in [0.29, 0.717) is 10.3 Å². The molecule has 4 nitrogen and oxygen atoms in total. The molecule has 0 aromatic carbocycles. The lowest BCUT2D eigenvalue weighted by atomic mass is 10.2. The fourth-order valence-electron chi connectivity index (χ4n) is 1.05. The third-order valence-electron chi connectivity index (χ3n) is 1.77. The topological polar surface area (TPSA) is 66.6 Å². The fourth-order valence-corrected chi connectivity index (χ4v) is 2.93. The standard InChI is InChI=1S/C7H8BrIN2O2/c1-11-5(7(12)13)3(8)2-4(9)6(11)10/h2,5H,10H2,1H3,(H,12,13). The zero-order valence-corrected chi connectivity index (χ0v) is 10.5. The number of hydrogen-bond acceptors (Lipinski definition) is 3. The Labute approximate surface area is 97.7 Å². The normalized spacial score (nSPS) is 23.2. The van der Waals surface area contributed by atoms with Crippen molar-refractivity contribution in [3.8, 4) is 0 Å². The number of carboxylic acid groups (broad SMARTS) is 1. The molecule has 0 amide bonds. The second-order valence-electron chi connectivity index (χ2n) is 2.61. The number of carbonyl (C=O) groups is 1. The van der Waals surface area contributed by atoms with Crippen LogP contribution in [0.3, 0.4) is 0 Å². The molecule has 1 heterocycles. The third kappa shape index (κ3) is 1.98. The molecule has 72 valence electrons. The summed E-state index contributed by atoms with van der Waals surface area (Å²) in [4.78, 5) is 12.4. The number of halogens is 2. The van der Waals surface area contributed by atoms with Gasteiger partial charge in [0.2, 0.25) is 0 Å². The smallest absolute Gasteiger partial charge is 0.331 e. The summed E-state index contributed by atoms with van der Waals surface area (Å²) in [5.74, 6) is -0.436. The maximum atomic E-state index is 10.8. The van der Waals surface area contributed by atoms with Crippen LogP contribution in [0.2, 0.25) is 0 Å². The maximum Gasteiger partial charge on any atom is 0.331 e. The molecule has 1 atom stereocenters. The first-order chi connectivity index (χ1) is 5.95. The van der Waals surface area contributed by atoms with Gasteiger partial charge in [0, 0.05) is 11.5 Å². The van der Waals surface area contributed by atoms with Crippen LogP contribution in [0.25, 0.3) is 0 Å². The second kappa shape index (κ2) is 3.87. The summed E-state index contributed by atoms with van der Waals surface area (Å²) in [5, 5.41) is 8.89. The van der Waals surface area contributed by atoms with Gasteiger partial charge in [-0.1, -0.05) is 15.9 Å².